The number of hydrogen-bond donors (Lipinski definition) is 1. The van der Waals surface area contributed by atoms with Crippen LogP contribution < -0.4 is 5.32 Å². The highest BCUT2D eigenvalue weighted by Gasteiger charge is 2.36. The molecule has 20 heavy (non-hydrogen) atoms. The largest absolute Gasteiger partial charge is 0.311 e. The van der Waals surface area contributed by atoms with Gasteiger partial charge in [0.2, 0.25) is 0 Å². The van der Waals surface area contributed by atoms with Gasteiger partial charge in [-0.1, -0.05) is 37.6 Å². The summed E-state index contributed by atoms with van der Waals surface area (Å²) in [6.07, 6.45) is 2.13. The number of nitrogens with zero attached hydrogens (tertiary/aromatic N) is 1. The minimum Gasteiger partial charge on any atom is -0.311 e. The van der Waals surface area contributed by atoms with Gasteiger partial charge in [-0.3, -0.25) is 4.90 Å². The van der Waals surface area contributed by atoms with Gasteiger partial charge in [0.05, 0.1) is 5.02 Å². The minimum atomic E-state index is -0.279. The summed E-state index contributed by atoms with van der Waals surface area (Å²) < 4.78 is 14.1. The first kappa shape index (κ1) is 15.7. The molecular weight excluding hydrogens is 275 g/mol. The fraction of sp³-hybridized carbons (Fsp3) is 0.625. The van der Waals surface area contributed by atoms with E-state index in [-0.39, 0.29) is 16.4 Å². The maximum absolute atomic E-state index is 14.1. The number of rotatable bonds is 4. The first-order valence-electron chi connectivity index (χ1n) is 7.41. The molecule has 2 rings (SSSR count). The third-order valence-corrected chi connectivity index (χ3v) is 4.91. The summed E-state index contributed by atoms with van der Waals surface area (Å²) in [5.74, 6) is -0.279. The normalized spacial score (nSPS) is 27.8. The van der Waals surface area contributed by atoms with Gasteiger partial charge >= 0.3 is 0 Å². The Kier molecular flexibility index (Phi) is 5.05. The summed E-state index contributed by atoms with van der Waals surface area (Å²) >= 11 is 5.89. The molecule has 1 aromatic carbocycles. The summed E-state index contributed by atoms with van der Waals surface area (Å²) in [5, 5.41) is 3.80. The van der Waals surface area contributed by atoms with Crippen LogP contribution in [-0.4, -0.2) is 29.6 Å². The molecule has 4 heteroatoms. The van der Waals surface area contributed by atoms with Gasteiger partial charge < -0.3 is 5.32 Å². The van der Waals surface area contributed by atoms with Crippen LogP contribution in [0.1, 0.15) is 39.2 Å². The molecule has 1 aliphatic heterocycles. The lowest BCUT2D eigenvalue weighted by molar-refractivity contribution is 0.0399. The zero-order valence-electron chi connectivity index (χ0n) is 12.5. The number of halogens is 2. The Balaban J connectivity index is 2.21. The molecule has 112 valence electrons. The second-order valence-electron chi connectivity index (χ2n) is 5.93. The van der Waals surface area contributed by atoms with Crippen molar-refractivity contribution in [3.63, 3.8) is 0 Å². The third-order valence-electron chi connectivity index (χ3n) is 4.62. The van der Waals surface area contributed by atoms with Crippen LogP contribution in [-0.2, 0) is 6.54 Å². The first-order valence-corrected chi connectivity index (χ1v) is 7.79. The molecule has 2 nitrogen and oxygen atoms in total. The van der Waals surface area contributed by atoms with Gasteiger partial charge in [-0.25, -0.2) is 4.39 Å². The maximum atomic E-state index is 14.1. The van der Waals surface area contributed by atoms with Crippen molar-refractivity contribution in [1.82, 2.24) is 10.2 Å². The van der Waals surface area contributed by atoms with Gasteiger partial charge in [0.1, 0.15) is 5.82 Å². The molecule has 2 atom stereocenters. The molecule has 1 N–H and O–H groups in total. The molecule has 1 fully saturated rings. The zero-order chi connectivity index (χ0) is 14.8. The molecule has 0 amide bonds. The van der Waals surface area contributed by atoms with Gasteiger partial charge in [0.25, 0.3) is 0 Å². The van der Waals surface area contributed by atoms with Gasteiger partial charge in [0.15, 0.2) is 0 Å². The summed E-state index contributed by atoms with van der Waals surface area (Å²) in [5.41, 5.74) is 0.759. The lowest BCUT2D eigenvalue weighted by atomic mass is 9.91. The molecule has 2 unspecified atom stereocenters. The Hall–Kier alpha value is -0.640. The predicted molar refractivity (Wildman–Crippen MR) is 82.6 cm³/mol. The number of piperazine rings is 1. The van der Waals surface area contributed by atoms with Crippen LogP contribution in [0.2, 0.25) is 5.02 Å². The van der Waals surface area contributed by atoms with Crippen LogP contribution in [0, 0.1) is 5.82 Å². The van der Waals surface area contributed by atoms with Crippen LogP contribution in [0.3, 0.4) is 0 Å². The van der Waals surface area contributed by atoms with E-state index in [4.69, 9.17) is 11.6 Å². The predicted octanol–water partition coefficient (Wildman–Crippen LogP) is 3.83. The Morgan fingerprint density at radius 2 is 2.20 bits per heavy atom. The van der Waals surface area contributed by atoms with E-state index in [2.05, 4.69) is 31.0 Å². The second kappa shape index (κ2) is 6.42. The average Bonchev–Trinajstić information content (AvgIpc) is 2.46. The van der Waals surface area contributed by atoms with Crippen molar-refractivity contribution < 1.29 is 4.39 Å². The van der Waals surface area contributed by atoms with E-state index in [0.29, 0.717) is 18.2 Å². The van der Waals surface area contributed by atoms with E-state index in [0.717, 1.165) is 25.9 Å². The number of hydrogen-bond acceptors (Lipinski definition) is 2. The molecular formula is C16H24ClFN2. The average molecular weight is 299 g/mol. The van der Waals surface area contributed by atoms with Crippen molar-refractivity contribution in [1.29, 1.82) is 0 Å². The standard InChI is InChI=1S/C16H24ClFN2/c1-4-13-10-20(16(3,5-2)11-19-13)9-12-7-6-8-14(17)15(12)18/h6-8,13,19H,4-5,9-11H2,1-3H3. The molecule has 1 heterocycles. The number of benzene rings is 1. The quantitative estimate of drug-likeness (QED) is 0.909. The number of nitrogens with one attached hydrogen (secondary N) is 1. The van der Waals surface area contributed by atoms with Crippen molar-refractivity contribution in [3.8, 4) is 0 Å². The second-order valence-corrected chi connectivity index (χ2v) is 6.34. The molecule has 1 aliphatic rings. The Morgan fingerprint density at radius 3 is 2.85 bits per heavy atom. The van der Waals surface area contributed by atoms with E-state index in [1.54, 1.807) is 6.07 Å². The van der Waals surface area contributed by atoms with Crippen LogP contribution in [0.15, 0.2) is 18.2 Å². The molecule has 1 saturated heterocycles. The molecule has 0 spiro atoms. The first-order chi connectivity index (χ1) is 9.50. The smallest absolute Gasteiger partial charge is 0.146 e. The Morgan fingerprint density at radius 1 is 1.45 bits per heavy atom. The SMILES string of the molecule is CCC1CN(Cc2cccc(Cl)c2F)C(C)(CC)CN1. The van der Waals surface area contributed by atoms with Gasteiger partial charge in [-0.05, 0) is 25.8 Å². The fourth-order valence-electron chi connectivity index (χ4n) is 2.78. The zero-order valence-corrected chi connectivity index (χ0v) is 13.3. The third kappa shape index (κ3) is 3.16. The van der Waals surface area contributed by atoms with Gasteiger partial charge in [-0.15, -0.1) is 0 Å². The van der Waals surface area contributed by atoms with E-state index < -0.39 is 0 Å². The topological polar surface area (TPSA) is 15.3 Å². The van der Waals surface area contributed by atoms with E-state index in [1.807, 2.05) is 12.1 Å². The Labute approximate surface area is 126 Å². The fourth-order valence-corrected chi connectivity index (χ4v) is 2.97. The van der Waals surface area contributed by atoms with Gasteiger partial charge in [0, 0.05) is 36.8 Å². The molecule has 0 aliphatic carbocycles. The van der Waals surface area contributed by atoms with Gasteiger partial charge in [-0.2, -0.15) is 0 Å². The lowest BCUT2D eigenvalue weighted by Gasteiger charge is -2.48. The highest BCUT2D eigenvalue weighted by molar-refractivity contribution is 6.30. The summed E-state index contributed by atoms with van der Waals surface area (Å²) in [7, 11) is 0. The molecule has 0 radical (unpaired) electrons. The van der Waals surface area contributed by atoms with Crippen molar-refractivity contribution >= 4 is 11.6 Å². The van der Waals surface area contributed by atoms with Crippen molar-refractivity contribution in [3.05, 3.63) is 34.6 Å². The van der Waals surface area contributed by atoms with E-state index >= 15 is 0 Å². The van der Waals surface area contributed by atoms with Crippen LogP contribution in [0.5, 0.6) is 0 Å². The minimum absolute atomic E-state index is 0.0699. The summed E-state index contributed by atoms with van der Waals surface area (Å²) in [6.45, 7) is 9.14. The van der Waals surface area contributed by atoms with E-state index in [1.165, 1.54) is 0 Å². The molecule has 1 aromatic rings. The summed E-state index contributed by atoms with van der Waals surface area (Å²) in [6, 6.07) is 5.74. The molecule has 0 bridgehead atoms. The highest BCUT2D eigenvalue weighted by atomic mass is 35.5. The van der Waals surface area contributed by atoms with Crippen molar-refractivity contribution in [2.75, 3.05) is 13.1 Å². The molecule has 0 aromatic heterocycles. The summed E-state index contributed by atoms with van der Waals surface area (Å²) in [4.78, 5) is 2.40. The van der Waals surface area contributed by atoms with Crippen molar-refractivity contribution in [2.24, 2.45) is 0 Å². The van der Waals surface area contributed by atoms with Crippen LogP contribution in [0.25, 0.3) is 0 Å². The van der Waals surface area contributed by atoms with Crippen molar-refractivity contribution in [2.45, 2.75) is 51.7 Å². The Bertz CT molecular complexity index is 466. The monoisotopic (exact) mass is 298 g/mol. The highest BCUT2D eigenvalue weighted by Crippen LogP contribution is 2.27. The van der Waals surface area contributed by atoms with E-state index in [9.17, 15) is 4.39 Å². The van der Waals surface area contributed by atoms with Crippen LogP contribution in [0.4, 0.5) is 4.39 Å². The lowest BCUT2D eigenvalue weighted by Crippen LogP contribution is -2.62. The maximum Gasteiger partial charge on any atom is 0.146 e. The molecule has 0 saturated carbocycles. The van der Waals surface area contributed by atoms with Crippen LogP contribution >= 0.6 is 11.6 Å².